The Labute approximate surface area is 356 Å². The normalized spacial score (nSPS) is 30.0. The predicted octanol–water partition coefficient (Wildman–Crippen LogP) is 9.65. The average Bonchev–Trinajstić information content (AvgIpc) is 3.70. The highest BCUT2D eigenvalue weighted by Gasteiger charge is 2.61. The van der Waals surface area contributed by atoms with Gasteiger partial charge in [0.1, 0.15) is 5.78 Å². The number of anilines is 1. The molecule has 5 aliphatic rings. The number of unbranched alkanes of at least 4 members (excludes halogenated alkanes) is 2. The van der Waals surface area contributed by atoms with Crippen LogP contribution >= 0.6 is 11.8 Å². The smallest absolute Gasteiger partial charge is 0.331 e. The number of ketones is 1. The van der Waals surface area contributed by atoms with Gasteiger partial charge in [-0.15, -0.1) is 0 Å². The molecule has 4 amide bonds. The highest BCUT2D eigenvalue weighted by molar-refractivity contribution is 8.00. The fourth-order valence-corrected chi connectivity index (χ4v) is 12.4. The van der Waals surface area contributed by atoms with Crippen molar-refractivity contribution >= 4 is 46.9 Å². The summed E-state index contributed by atoms with van der Waals surface area (Å²) in [5.41, 5.74) is -2.38. The lowest BCUT2D eigenvalue weighted by Crippen LogP contribution is -2.60. The monoisotopic (exact) mass is 873 g/mol. The van der Waals surface area contributed by atoms with E-state index in [1.54, 1.807) is 6.08 Å². The number of imide groups is 1. The number of amides is 4. The summed E-state index contributed by atoms with van der Waals surface area (Å²) in [7, 11) is 0. The first-order chi connectivity index (χ1) is 28.7. The molecule has 2 aromatic carbocycles. The van der Waals surface area contributed by atoms with Crippen molar-refractivity contribution in [1.82, 2.24) is 9.80 Å². The lowest BCUT2D eigenvalue weighted by atomic mass is 9.47. The van der Waals surface area contributed by atoms with Gasteiger partial charge in [-0.2, -0.15) is 38.1 Å². The SMILES string of the molecule is CSC1CC(=O)N(CCCCCC(=O)Nc2ccc(CN3C(=O)C=C[C@]4(C)[C@H]5CC[C@]6(C)[C@@H](C(=O)Cc7cc(C(F)(F)F)ccc7C(F)(F)F)CC[C@H]6[C@@H]5CC[C@@H]34)cc2)C1=O. The van der Waals surface area contributed by atoms with E-state index in [4.69, 9.17) is 0 Å². The van der Waals surface area contributed by atoms with Crippen LogP contribution in [0, 0.1) is 34.5 Å². The van der Waals surface area contributed by atoms with Crippen LogP contribution in [0.5, 0.6) is 0 Å². The van der Waals surface area contributed by atoms with Gasteiger partial charge in [0.15, 0.2) is 0 Å². The molecule has 2 heterocycles. The topological polar surface area (TPSA) is 104 Å². The van der Waals surface area contributed by atoms with Gasteiger partial charge in [0, 0.05) is 55.4 Å². The number of rotatable bonds is 13. The Bertz CT molecular complexity index is 2070. The second kappa shape index (κ2) is 17.2. The Morgan fingerprint density at radius 1 is 0.869 bits per heavy atom. The van der Waals surface area contributed by atoms with E-state index < -0.39 is 52.6 Å². The van der Waals surface area contributed by atoms with E-state index in [1.165, 1.54) is 16.7 Å². The molecule has 0 spiro atoms. The molecule has 4 fully saturated rings. The fourth-order valence-electron chi connectivity index (χ4n) is 11.7. The Balaban J connectivity index is 0.944. The lowest BCUT2D eigenvalue weighted by Gasteiger charge is -2.60. The molecule has 1 unspecified atom stereocenters. The van der Waals surface area contributed by atoms with Crippen molar-refractivity contribution in [1.29, 1.82) is 0 Å². The molecule has 8 atom stereocenters. The summed E-state index contributed by atoms with van der Waals surface area (Å²) in [4.78, 5) is 67.7. The Kier molecular flexibility index (Phi) is 12.7. The summed E-state index contributed by atoms with van der Waals surface area (Å²) in [6, 6.07) is 8.66. The third-order valence-electron chi connectivity index (χ3n) is 14.8. The predicted molar refractivity (Wildman–Crippen MR) is 219 cm³/mol. The number of alkyl halides is 6. The van der Waals surface area contributed by atoms with Crippen molar-refractivity contribution in [3.63, 3.8) is 0 Å². The molecule has 2 aromatic rings. The van der Waals surface area contributed by atoms with Gasteiger partial charge in [-0.25, -0.2) is 0 Å². The number of nitrogens with one attached hydrogen (secondary N) is 1. The number of fused-ring (bicyclic) bond motifs is 5. The summed E-state index contributed by atoms with van der Waals surface area (Å²) in [6.07, 6.45) is 1.70. The fraction of sp³-hybridized carbons (Fsp3) is 0.587. The molecule has 0 bridgehead atoms. The summed E-state index contributed by atoms with van der Waals surface area (Å²) in [5, 5.41) is 2.63. The van der Waals surface area contributed by atoms with Crippen LogP contribution in [0.2, 0.25) is 0 Å². The summed E-state index contributed by atoms with van der Waals surface area (Å²) in [5.74, 6) is -0.979. The van der Waals surface area contributed by atoms with Gasteiger partial charge < -0.3 is 10.2 Å². The molecule has 7 rings (SSSR count). The summed E-state index contributed by atoms with van der Waals surface area (Å²) in [6.45, 7) is 4.98. The zero-order chi connectivity index (χ0) is 44.1. The maximum atomic E-state index is 13.9. The van der Waals surface area contributed by atoms with Gasteiger partial charge in [-0.1, -0.05) is 38.5 Å². The van der Waals surface area contributed by atoms with Crippen molar-refractivity contribution in [3.8, 4) is 0 Å². The van der Waals surface area contributed by atoms with E-state index in [0.29, 0.717) is 81.9 Å². The number of likely N-dealkylation sites (tertiary alicyclic amines) is 1. The minimum absolute atomic E-state index is 0.0795. The van der Waals surface area contributed by atoms with Crippen LogP contribution in [0.25, 0.3) is 0 Å². The van der Waals surface area contributed by atoms with E-state index in [9.17, 15) is 50.3 Å². The van der Waals surface area contributed by atoms with E-state index in [2.05, 4.69) is 12.2 Å². The van der Waals surface area contributed by atoms with Gasteiger partial charge in [0.25, 0.3) is 0 Å². The lowest BCUT2D eigenvalue weighted by molar-refractivity contribution is -0.145. The van der Waals surface area contributed by atoms with Crippen LogP contribution in [-0.2, 0) is 49.3 Å². The number of carbonyl (C=O) groups is 5. The molecule has 61 heavy (non-hydrogen) atoms. The molecular formula is C46H53F6N3O5S. The summed E-state index contributed by atoms with van der Waals surface area (Å²) >= 11 is 1.39. The van der Waals surface area contributed by atoms with Crippen LogP contribution < -0.4 is 5.32 Å². The van der Waals surface area contributed by atoms with Gasteiger partial charge in [0.2, 0.25) is 23.6 Å². The minimum atomic E-state index is -4.90. The zero-order valence-corrected chi connectivity index (χ0v) is 35.5. The molecule has 1 saturated heterocycles. The number of carbonyl (C=O) groups excluding carboxylic acids is 5. The molecular weight excluding hydrogens is 821 g/mol. The molecule has 2 aliphatic heterocycles. The number of Topliss-reactive ketones (excluding diaryl/α,β-unsaturated/α-hetero) is 1. The number of hydrogen-bond donors (Lipinski definition) is 1. The number of nitrogens with zero attached hydrogens (tertiary/aromatic N) is 2. The molecule has 15 heteroatoms. The second-order valence-electron chi connectivity index (χ2n) is 18.2. The zero-order valence-electron chi connectivity index (χ0n) is 34.7. The molecule has 0 radical (unpaired) electrons. The maximum Gasteiger partial charge on any atom is 0.416 e. The standard InChI is InChI=1S/C46H53F6N3O5S/c1-43-20-18-34-31(33(43)15-16-35(43)36(56)24-28-23-29(45(47,48)49)10-14-32(28)46(50,51)52)13-17-38-44(34,2)21-19-40(58)55(38)26-27-8-11-30(12-9-27)53-39(57)7-5-4-6-22-54-41(59)25-37(61-3)42(54)60/h8-12,14,19,21,23,31,33-35,37-38H,4-7,13,15-18,20,22,24-26H2,1-3H3,(H,53,57)/t31-,33-,34-,35+,37?,38+,43-,44+/m0/s1. The minimum Gasteiger partial charge on any atom is -0.331 e. The highest BCUT2D eigenvalue weighted by Crippen LogP contribution is 2.66. The van der Waals surface area contributed by atoms with Gasteiger partial charge in [-0.3, -0.25) is 28.9 Å². The molecule has 3 saturated carbocycles. The average molecular weight is 874 g/mol. The maximum absolute atomic E-state index is 13.9. The molecule has 0 aromatic heterocycles. The highest BCUT2D eigenvalue weighted by atomic mass is 32.2. The van der Waals surface area contributed by atoms with Crippen LogP contribution in [-0.4, -0.2) is 63.3 Å². The number of thioether (sulfide) groups is 1. The first-order valence-electron chi connectivity index (χ1n) is 21.3. The van der Waals surface area contributed by atoms with Crippen molar-refractivity contribution in [3.05, 3.63) is 76.9 Å². The van der Waals surface area contributed by atoms with Crippen LogP contribution in [0.1, 0.15) is 107 Å². The van der Waals surface area contributed by atoms with Gasteiger partial charge >= 0.3 is 12.4 Å². The molecule has 3 aliphatic carbocycles. The van der Waals surface area contributed by atoms with Gasteiger partial charge in [-0.05, 0) is 128 Å². The first kappa shape index (κ1) is 44.9. The van der Waals surface area contributed by atoms with Crippen molar-refractivity contribution in [2.24, 2.45) is 34.5 Å². The van der Waals surface area contributed by atoms with E-state index in [1.807, 2.05) is 48.4 Å². The van der Waals surface area contributed by atoms with Crippen LogP contribution in [0.15, 0.2) is 54.6 Å². The van der Waals surface area contributed by atoms with Gasteiger partial charge in [0.05, 0.1) is 16.4 Å². The number of halogens is 6. The molecule has 330 valence electrons. The van der Waals surface area contributed by atoms with Crippen LogP contribution in [0.3, 0.4) is 0 Å². The number of benzene rings is 2. The molecule has 1 N–H and O–H groups in total. The third-order valence-corrected chi connectivity index (χ3v) is 15.8. The third kappa shape index (κ3) is 8.91. The summed E-state index contributed by atoms with van der Waals surface area (Å²) < 4.78 is 82.3. The van der Waals surface area contributed by atoms with E-state index in [-0.39, 0.29) is 64.5 Å². The Morgan fingerprint density at radius 3 is 2.28 bits per heavy atom. The van der Waals surface area contributed by atoms with Crippen LogP contribution in [0.4, 0.5) is 32.0 Å². The Hall–Kier alpha value is -4.14. The molecule has 8 nitrogen and oxygen atoms in total. The number of hydrogen-bond acceptors (Lipinski definition) is 6. The first-order valence-corrected chi connectivity index (χ1v) is 22.6. The van der Waals surface area contributed by atoms with E-state index in [0.717, 1.165) is 24.8 Å². The van der Waals surface area contributed by atoms with E-state index >= 15 is 0 Å². The second-order valence-corrected chi connectivity index (χ2v) is 19.2. The van der Waals surface area contributed by atoms with Crippen molar-refractivity contribution in [2.45, 2.75) is 121 Å². The quantitative estimate of drug-likeness (QED) is 0.122. The Morgan fingerprint density at radius 2 is 1.61 bits per heavy atom. The largest absolute Gasteiger partial charge is 0.416 e. The van der Waals surface area contributed by atoms with Crippen molar-refractivity contribution < 1.29 is 50.3 Å². The van der Waals surface area contributed by atoms with Crippen molar-refractivity contribution in [2.75, 3.05) is 18.1 Å².